The number of rotatable bonds is 3. The summed E-state index contributed by atoms with van der Waals surface area (Å²) in [6.45, 7) is 1.75. The molecule has 3 nitrogen and oxygen atoms in total. The third-order valence-corrected chi connectivity index (χ3v) is 4.15. The Hall–Kier alpha value is -1.58. The van der Waals surface area contributed by atoms with E-state index in [0.29, 0.717) is 0 Å². The van der Waals surface area contributed by atoms with Gasteiger partial charge in [0.05, 0.1) is 5.02 Å². The Labute approximate surface area is 131 Å². The van der Waals surface area contributed by atoms with E-state index in [1.807, 2.05) is 19.3 Å². The fraction of sp³-hybridized carbons (Fsp3) is 0.353. The number of para-hydroxylation sites is 1. The van der Waals surface area contributed by atoms with Crippen molar-refractivity contribution in [2.75, 3.05) is 18.5 Å². The number of fused-ring (bicyclic) bond motifs is 1. The predicted molar refractivity (Wildman–Crippen MR) is 88.4 cm³/mol. The molecule has 1 aliphatic rings. The van der Waals surface area contributed by atoms with Gasteiger partial charge in [-0.15, -0.1) is 0 Å². The van der Waals surface area contributed by atoms with Crippen molar-refractivity contribution in [3.8, 4) is 0 Å². The summed E-state index contributed by atoms with van der Waals surface area (Å²) >= 11 is 6.49. The van der Waals surface area contributed by atoms with Gasteiger partial charge in [0.2, 0.25) is 0 Å². The molecular formula is C17H20ClN3. The zero-order chi connectivity index (χ0) is 14.7. The summed E-state index contributed by atoms with van der Waals surface area (Å²) in [5, 5.41) is 3.85. The minimum atomic E-state index is 0.722. The van der Waals surface area contributed by atoms with Crippen molar-refractivity contribution < 1.29 is 0 Å². The van der Waals surface area contributed by atoms with Crippen LogP contribution in [0.3, 0.4) is 0 Å². The van der Waals surface area contributed by atoms with Crippen LogP contribution in [-0.2, 0) is 13.0 Å². The van der Waals surface area contributed by atoms with Crippen molar-refractivity contribution in [3.05, 3.63) is 52.7 Å². The standard InChI is InChI=1S/C17H20ClN3/c1-19-11-13-10-15(18)17(20-12-13)21-9-5-4-7-14-6-2-3-8-16(14)21/h2-3,6,8,10,12,19H,4-5,7,9,11H2,1H3. The van der Waals surface area contributed by atoms with E-state index in [1.165, 1.54) is 17.7 Å². The number of aryl methyl sites for hydroxylation is 1. The molecule has 1 aromatic heterocycles. The molecule has 0 unspecified atom stereocenters. The maximum atomic E-state index is 6.49. The molecule has 1 aliphatic heterocycles. The molecule has 0 bridgehead atoms. The molecule has 0 aliphatic carbocycles. The van der Waals surface area contributed by atoms with Crippen LogP contribution in [0.4, 0.5) is 11.5 Å². The summed E-state index contributed by atoms with van der Waals surface area (Å²) in [6.07, 6.45) is 5.40. The number of benzene rings is 1. The average molecular weight is 302 g/mol. The Balaban J connectivity index is 2.00. The topological polar surface area (TPSA) is 28.2 Å². The van der Waals surface area contributed by atoms with E-state index in [4.69, 9.17) is 11.6 Å². The molecule has 1 N–H and O–H groups in total. The number of nitrogens with one attached hydrogen (secondary N) is 1. The second-order valence-corrected chi connectivity index (χ2v) is 5.82. The van der Waals surface area contributed by atoms with Crippen LogP contribution in [0.15, 0.2) is 36.5 Å². The van der Waals surface area contributed by atoms with E-state index in [9.17, 15) is 0 Å². The lowest BCUT2D eigenvalue weighted by Crippen LogP contribution is -2.20. The highest BCUT2D eigenvalue weighted by Gasteiger charge is 2.19. The number of anilines is 2. The maximum absolute atomic E-state index is 6.49. The van der Waals surface area contributed by atoms with Gasteiger partial charge >= 0.3 is 0 Å². The van der Waals surface area contributed by atoms with E-state index < -0.39 is 0 Å². The summed E-state index contributed by atoms with van der Waals surface area (Å²) in [4.78, 5) is 6.87. The molecule has 0 amide bonds. The molecule has 0 fully saturated rings. The van der Waals surface area contributed by atoms with Crippen molar-refractivity contribution in [1.29, 1.82) is 0 Å². The Kier molecular flexibility index (Phi) is 4.42. The van der Waals surface area contributed by atoms with Crippen LogP contribution in [0.1, 0.15) is 24.0 Å². The monoisotopic (exact) mass is 301 g/mol. The van der Waals surface area contributed by atoms with Crippen LogP contribution in [-0.4, -0.2) is 18.6 Å². The van der Waals surface area contributed by atoms with Crippen molar-refractivity contribution in [1.82, 2.24) is 10.3 Å². The second-order valence-electron chi connectivity index (χ2n) is 5.42. The van der Waals surface area contributed by atoms with Crippen molar-refractivity contribution >= 4 is 23.1 Å². The van der Waals surface area contributed by atoms with Crippen LogP contribution < -0.4 is 10.2 Å². The van der Waals surface area contributed by atoms with Crippen LogP contribution in [0.5, 0.6) is 0 Å². The number of hydrogen-bond donors (Lipinski definition) is 1. The lowest BCUT2D eigenvalue weighted by Gasteiger charge is -2.25. The van der Waals surface area contributed by atoms with Gasteiger partial charge in [-0.2, -0.15) is 0 Å². The first-order valence-corrected chi connectivity index (χ1v) is 7.82. The quantitative estimate of drug-likeness (QED) is 0.931. The summed E-state index contributed by atoms with van der Waals surface area (Å²) in [7, 11) is 1.92. The highest BCUT2D eigenvalue weighted by Crippen LogP contribution is 2.35. The summed E-state index contributed by atoms with van der Waals surface area (Å²) in [5.74, 6) is 0.867. The highest BCUT2D eigenvalue weighted by atomic mass is 35.5. The molecule has 4 heteroatoms. The minimum absolute atomic E-state index is 0.722. The van der Waals surface area contributed by atoms with Gasteiger partial charge in [0.15, 0.2) is 5.82 Å². The van der Waals surface area contributed by atoms with Crippen molar-refractivity contribution in [3.63, 3.8) is 0 Å². The fourth-order valence-electron chi connectivity index (χ4n) is 2.88. The smallest absolute Gasteiger partial charge is 0.151 e. The van der Waals surface area contributed by atoms with Gasteiger partial charge < -0.3 is 10.2 Å². The molecule has 2 aromatic rings. The van der Waals surface area contributed by atoms with Crippen LogP contribution >= 0.6 is 11.6 Å². The number of aromatic nitrogens is 1. The van der Waals surface area contributed by atoms with Gasteiger partial charge in [-0.05, 0) is 49.6 Å². The Morgan fingerprint density at radius 2 is 2.14 bits per heavy atom. The largest absolute Gasteiger partial charge is 0.325 e. The molecule has 0 saturated carbocycles. The maximum Gasteiger partial charge on any atom is 0.151 e. The fourth-order valence-corrected chi connectivity index (χ4v) is 3.17. The molecule has 110 valence electrons. The molecule has 0 radical (unpaired) electrons. The van der Waals surface area contributed by atoms with Gasteiger partial charge in [0, 0.05) is 25.0 Å². The number of pyridine rings is 1. The number of hydrogen-bond acceptors (Lipinski definition) is 3. The van der Waals surface area contributed by atoms with E-state index in [1.54, 1.807) is 0 Å². The Morgan fingerprint density at radius 3 is 2.95 bits per heavy atom. The van der Waals surface area contributed by atoms with Gasteiger partial charge in [-0.3, -0.25) is 0 Å². The highest BCUT2D eigenvalue weighted by molar-refractivity contribution is 6.33. The zero-order valence-corrected chi connectivity index (χ0v) is 13.0. The van der Waals surface area contributed by atoms with Crippen LogP contribution in [0, 0.1) is 0 Å². The second kappa shape index (κ2) is 6.46. The minimum Gasteiger partial charge on any atom is -0.325 e. The van der Waals surface area contributed by atoms with Gasteiger partial charge in [0.1, 0.15) is 0 Å². The lowest BCUT2D eigenvalue weighted by molar-refractivity contribution is 0.756. The van der Waals surface area contributed by atoms with Crippen LogP contribution in [0.2, 0.25) is 5.02 Å². The molecule has 0 atom stereocenters. The molecule has 0 saturated heterocycles. The van der Waals surface area contributed by atoms with E-state index >= 15 is 0 Å². The SMILES string of the molecule is CNCc1cnc(N2CCCCc3ccccc32)c(Cl)c1. The van der Waals surface area contributed by atoms with Gasteiger partial charge in [-0.25, -0.2) is 4.98 Å². The molecule has 0 spiro atoms. The Morgan fingerprint density at radius 1 is 1.29 bits per heavy atom. The van der Waals surface area contributed by atoms with E-state index in [2.05, 4.69) is 39.5 Å². The average Bonchev–Trinajstić information content (AvgIpc) is 2.70. The van der Waals surface area contributed by atoms with Crippen molar-refractivity contribution in [2.45, 2.75) is 25.8 Å². The van der Waals surface area contributed by atoms with E-state index in [0.717, 1.165) is 42.3 Å². The summed E-state index contributed by atoms with van der Waals surface area (Å²) in [6, 6.07) is 10.6. The molecule has 2 heterocycles. The van der Waals surface area contributed by atoms with Gasteiger partial charge in [-0.1, -0.05) is 29.8 Å². The first-order valence-electron chi connectivity index (χ1n) is 7.44. The summed E-state index contributed by atoms with van der Waals surface area (Å²) in [5.41, 5.74) is 3.73. The first-order chi connectivity index (χ1) is 10.3. The molecule has 3 rings (SSSR count). The Bertz CT molecular complexity index is 627. The predicted octanol–water partition coefficient (Wildman–Crippen LogP) is 3.93. The first kappa shape index (κ1) is 14.4. The third kappa shape index (κ3) is 3.04. The number of nitrogens with zero attached hydrogens (tertiary/aromatic N) is 2. The van der Waals surface area contributed by atoms with Crippen molar-refractivity contribution in [2.24, 2.45) is 0 Å². The molecule has 1 aromatic carbocycles. The molecular weight excluding hydrogens is 282 g/mol. The normalized spacial score (nSPS) is 14.7. The van der Waals surface area contributed by atoms with Crippen LogP contribution in [0.25, 0.3) is 0 Å². The summed E-state index contributed by atoms with van der Waals surface area (Å²) < 4.78 is 0. The lowest BCUT2D eigenvalue weighted by atomic mass is 10.1. The zero-order valence-electron chi connectivity index (χ0n) is 12.3. The van der Waals surface area contributed by atoms with E-state index in [-0.39, 0.29) is 0 Å². The number of halogens is 1. The third-order valence-electron chi connectivity index (χ3n) is 3.88. The molecule has 21 heavy (non-hydrogen) atoms. The van der Waals surface area contributed by atoms with Gasteiger partial charge in [0.25, 0.3) is 0 Å².